The van der Waals surface area contributed by atoms with Crippen molar-refractivity contribution in [2.75, 3.05) is 11.5 Å². The molecule has 0 aliphatic carbocycles. The summed E-state index contributed by atoms with van der Waals surface area (Å²) in [7, 11) is 0. The average Bonchev–Trinajstić information content (AvgIpc) is 3.30. The molecule has 0 spiro atoms. The van der Waals surface area contributed by atoms with E-state index < -0.39 is 17.7 Å². The van der Waals surface area contributed by atoms with Crippen molar-refractivity contribution < 1.29 is 24.0 Å². The lowest BCUT2D eigenvalue weighted by Crippen LogP contribution is -2.29. The Morgan fingerprint density at radius 1 is 1.16 bits per heavy atom. The molecule has 1 aliphatic rings. The summed E-state index contributed by atoms with van der Waals surface area (Å²) in [4.78, 5) is 27.2. The Kier molecular flexibility index (Phi) is 5.52. The van der Waals surface area contributed by atoms with Gasteiger partial charge in [-0.15, -0.1) is 0 Å². The zero-order chi connectivity index (χ0) is 22.1. The number of nitrogens with zero attached hydrogens (tertiary/aromatic N) is 2. The topological polar surface area (TPSA) is 92.9 Å². The van der Waals surface area contributed by atoms with Crippen LogP contribution in [0.25, 0.3) is 5.76 Å². The fourth-order valence-electron chi connectivity index (χ4n) is 3.53. The predicted molar refractivity (Wildman–Crippen MR) is 115 cm³/mol. The molecule has 0 bridgehead atoms. The molecule has 1 N–H and O–H groups in total. The van der Waals surface area contributed by atoms with E-state index in [9.17, 15) is 14.7 Å². The average molecular weight is 439 g/mol. The maximum atomic E-state index is 13.0. The minimum atomic E-state index is -0.895. The molecule has 7 nitrogen and oxygen atoms in total. The van der Waals surface area contributed by atoms with E-state index >= 15 is 0 Å². The van der Waals surface area contributed by atoms with E-state index in [1.165, 1.54) is 4.90 Å². The molecule has 1 amide bonds. The number of Topliss-reactive ketones (excluding diaryl/α,β-unsaturated/α-hetero) is 1. The third-order valence-corrected chi connectivity index (χ3v) is 5.18. The Bertz CT molecular complexity index is 1170. The van der Waals surface area contributed by atoms with Gasteiger partial charge in [-0.1, -0.05) is 28.9 Å². The summed E-state index contributed by atoms with van der Waals surface area (Å²) in [6.07, 6.45) is 0. The third-order valence-electron chi connectivity index (χ3n) is 4.93. The molecule has 0 saturated carbocycles. The number of ether oxygens (including phenoxy) is 1. The molecule has 1 atom stereocenters. The quantitative estimate of drug-likeness (QED) is 0.354. The first-order chi connectivity index (χ1) is 14.9. The number of carbonyl (C=O) groups is 2. The number of amides is 1. The second-order valence-electron chi connectivity index (χ2n) is 6.97. The lowest BCUT2D eigenvalue weighted by Gasteiger charge is -2.22. The lowest BCUT2D eigenvalue weighted by molar-refractivity contribution is -0.132. The second kappa shape index (κ2) is 8.28. The van der Waals surface area contributed by atoms with Gasteiger partial charge in [0.1, 0.15) is 17.3 Å². The largest absolute Gasteiger partial charge is 0.507 e. The van der Waals surface area contributed by atoms with Crippen LogP contribution in [0.1, 0.15) is 29.9 Å². The minimum absolute atomic E-state index is 0.0443. The molecule has 1 aliphatic heterocycles. The van der Waals surface area contributed by atoms with Gasteiger partial charge in [-0.25, -0.2) is 0 Å². The molecule has 31 heavy (non-hydrogen) atoms. The van der Waals surface area contributed by atoms with E-state index in [0.29, 0.717) is 34.3 Å². The van der Waals surface area contributed by atoms with Crippen molar-refractivity contribution in [2.45, 2.75) is 19.9 Å². The van der Waals surface area contributed by atoms with Crippen LogP contribution in [0.5, 0.6) is 5.75 Å². The maximum Gasteiger partial charge on any atom is 0.301 e. The molecule has 0 radical (unpaired) electrons. The fourth-order valence-corrected chi connectivity index (χ4v) is 3.65. The molecule has 1 aromatic heterocycles. The molecule has 1 fully saturated rings. The Balaban J connectivity index is 1.87. The lowest BCUT2D eigenvalue weighted by atomic mass is 9.95. The van der Waals surface area contributed by atoms with Crippen LogP contribution in [-0.4, -0.2) is 28.6 Å². The molecule has 3 aromatic rings. The van der Waals surface area contributed by atoms with Gasteiger partial charge in [-0.2, -0.15) is 0 Å². The zero-order valence-electron chi connectivity index (χ0n) is 16.8. The highest BCUT2D eigenvalue weighted by Gasteiger charge is 2.48. The third kappa shape index (κ3) is 3.80. The SMILES string of the molecule is CCOc1ccc(/C(O)=C2\C(=O)C(=O)N(c3cc(C)on3)[C@@H]2c2ccc(Cl)cc2)cc1. The molecule has 1 saturated heterocycles. The summed E-state index contributed by atoms with van der Waals surface area (Å²) >= 11 is 6.02. The van der Waals surface area contributed by atoms with Crippen LogP contribution < -0.4 is 9.64 Å². The van der Waals surface area contributed by atoms with Crippen LogP contribution in [0.4, 0.5) is 5.82 Å². The number of ketones is 1. The van der Waals surface area contributed by atoms with Crippen molar-refractivity contribution in [1.29, 1.82) is 0 Å². The van der Waals surface area contributed by atoms with Gasteiger partial charge in [0.15, 0.2) is 5.82 Å². The Morgan fingerprint density at radius 2 is 1.84 bits per heavy atom. The van der Waals surface area contributed by atoms with E-state index in [0.717, 1.165) is 0 Å². The van der Waals surface area contributed by atoms with E-state index in [-0.39, 0.29) is 17.2 Å². The van der Waals surface area contributed by atoms with Crippen LogP contribution in [-0.2, 0) is 9.59 Å². The molecule has 8 heteroatoms. The van der Waals surface area contributed by atoms with Gasteiger partial charge in [0, 0.05) is 16.7 Å². The summed E-state index contributed by atoms with van der Waals surface area (Å²) in [6, 6.07) is 14.0. The van der Waals surface area contributed by atoms with Crippen LogP contribution in [0.2, 0.25) is 5.02 Å². The van der Waals surface area contributed by atoms with Gasteiger partial charge in [0.25, 0.3) is 5.78 Å². The summed E-state index contributed by atoms with van der Waals surface area (Å²) in [5.74, 6) is -0.604. The number of carbonyl (C=O) groups excluding carboxylic acids is 2. The van der Waals surface area contributed by atoms with Gasteiger partial charge >= 0.3 is 5.91 Å². The van der Waals surface area contributed by atoms with Crippen molar-refractivity contribution in [3.63, 3.8) is 0 Å². The number of aromatic nitrogens is 1. The normalized spacial score (nSPS) is 17.9. The first kappa shape index (κ1) is 20.7. The number of aliphatic hydroxyl groups excluding tert-OH is 1. The number of aryl methyl sites for hydroxylation is 1. The first-order valence-electron chi connectivity index (χ1n) is 9.63. The smallest absolute Gasteiger partial charge is 0.301 e. The summed E-state index contributed by atoms with van der Waals surface area (Å²) < 4.78 is 10.5. The molecule has 4 rings (SSSR count). The van der Waals surface area contributed by atoms with Crippen LogP contribution in [0.15, 0.2) is 64.7 Å². The summed E-state index contributed by atoms with van der Waals surface area (Å²) in [5, 5.41) is 15.5. The highest BCUT2D eigenvalue weighted by Crippen LogP contribution is 2.42. The monoisotopic (exact) mass is 438 g/mol. The summed E-state index contributed by atoms with van der Waals surface area (Å²) in [5.41, 5.74) is 0.936. The maximum absolute atomic E-state index is 13.0. The molecular weight excluding hydrogens is 420 g/mol. The molecular formula is C23H19ClN2O5. The molecule has 158 valence electrons. The fraction of sp³-hybridized carbons (Fsp3) is 0.174. The Labute approximate surface area is 183 Å². The van der Waals surface area contributed by atoms with Crippen molar-refractivity contribution in [3.05, 3.63) is 82.1 Å². The highest BCUT2D eigenvalue weighted by atomic mass is 35.5. The Hall–Kier alpha value is -3.58. The van der Waals surface area contributed by atoms with Gasteiger partial charge in [-0.05, 0) is 55.8 Å². The summed E-state index contributed by atoms with van der Waals surface area (Å²) in [6.45, 7) is 4.06. The number of aliphatic hydroxyl groups is 1. The zero-order valence-corrected chi connectivity index (χ0v) is 17.6. The van der Waals surface area contributed by atoms with Crippen molar-refractivity contribution >= 4 is 34.9 Å². The van der Waals surface area contributed by atoms with Crippen LogP contribution in [0, 0.1) is 6.92 Å². The van der Waals surface area contributed by atoms with E-state index in [4.69, 9.17) is 20.9 Å². The van der Waals surface area contributed by atoms with Crippen molar-refractivity contribution in [3.8, 4) is 5.75 Å². The van der Waals surface area contributed by atoms with Gasteiger partial charge < -0.3 is 14.4 Å². The van der Waals surface area contributed by atoms with E-state index in [1.807, 2.05) is 6.92 Å². The highest BCUT2D eigenvalue weighted by molar-refractivity contribution is 6.51. The predicted octanol–water partition coefficient (Wildman–Crippen LogP) is 4.66. The van der Waals surface area contributed by atoms with Gasteiger partial charge in [-0.3, -0.25) is 14.5 Å². The number of anilines is 1. The molecule has 0 unspecified atom stereocenters. The number of benzene rings is 2. The van der Waals surface area contributed by atoms with E-state index in [1.54, 1.807) is 61.5 Å². The van der Waals surface area contributed by atoms with Crippen molar-refractivity contribution in [1.82, 2.24) is 5.16 Å². The Morgan fingerprint density at radius 3 is 2.42 bits per heavy atom. The van der Waals surface area contributed by atoms with Gasteiger partial charge in [0.05, 0.1) is 18.2 Å². The first-order valence-corrected chi connectivity index (χ1v) is 10.0. The number of rotatable bonds is 5. The molecule has 2 aromatic carbocycles. The number of hydrogen-bond donors (Lipinski definition) is 1. The number of hydrogen-bond acceptors (Lipinski definition) is 6. The van der Waals surface area contributed by atoms with Gasteiger partial charge in [0.2, 0.25) is 0 Å². The number of halogens is 1. The minimum Gasteiger partial charge on any atom is -0.507 e. The molecule has 2 heterocycles. The van der Waals surface area contributed by atoms with Crippen LogP contribution in [0.3, 0.4) is 0 Å². The van der Waals surface area contributed by atoms with E-state index in [2.05, 4.69) is 5.16 Å². The standard InChI is InChI=1S/C23H19ClN2O5/c1-3-30-17-10-6-15(7-11-17)21(27)19-20(14-4-8-16(24)9-5-14)26(23(29)22(19)28)18-12-13(2)31-25-18/h4-12,20,27H,3H2,1-2H3/b21-19+/t20-/m1/s1. The second-order valence-corrected chi connectivity index (χ2v) is 7.41. The van der Waals surface area contributed by atoms with Crippen molar-refractivity contribution in [2.24, 2.45) is 0 Å². The van der Waals surface area contributed by atoms with Crippen LogP contribution >= 0.6 is 11.6 Å².